The third-order valence-corrected chi connectivity index (χ3v) is 5.78. The minimum absolute atomic E-state index is 0.00139. The SMILES string of the molecule is COc1cccc2cc(-c3ccc(OCC(=O)N4CCSCC4)cc3)c(=O)oc12. The van der Waals surface area contributed by atoms with Gasteiger partial charge in [-0.2, -0.15) is 11.8 Å². The van der Waals surface area contributed by atoms with Crippen LogP contribution in [-0.4, -0.2) is 49.1 Å². The Kier molecular flexibility index (Phi) is 5.76. The van der Waals surface area contributed by atoms with Crippen LogP contribution < -0.4 is 15.1 Å². The van der Waals surface area contributed by atoms with Gasteiger partial charge in [-0.25, -0.2) is 4.79 Å². The van der Waals surface area contributed by atoms with E-state index in [9.17, 15) is 9.59 Å². The van der Waals surface area contributed by atoms with Crippen molar-refractivity contribution in [1.82, 2.24) is 4.90 Å². The molecule has 1 saturated heterocycles. The van der Waals surface area contributed by atoms with Crippen molar-refractivity contribution >= 4 is 28.6 Å². The average Bonchev–Trinajstić information content (AvgIpc) is 2.77. The van der Waals surface area contributed by atoms with E-state index in [1.807, 2.05) is 28.8 Å². The highest BCUT2D eigenvalue weighted by molar-refractivity contribution is 7.99. The molecule has 1 amide bonds. The number of carbonyl (C=O) groups is 1. The molecule has 0 spiro atoms. The van der Waals surface area contributed by atoms with Gasteiger partial charge in [-0.3, -0.25) is 4.79 Å². The molecule has 4 rings (SSSR count). The van der Waals surface area contributed by atoms with Gasteiger partial charge in [-0.05, 0) is 29.8 Å². The van der Waals surface area contributed by atoms with Crippen LogP contribution in [0.3, 0.4) is 0 Å². The highest BCUT2D eigenvalue weighted by Gasteiger charge is 2.17. The molecule has 0 N–H and O–H groups in total. The minimum Gasteiger partial charge on any atom is -0.493 e. The second kappa shape index (κ2) is 8.61. The van der Waals surface area contributed by atoms with E-state index in [1.54, 1.807) is 36.4 Å². The Labute approximate surface area is 172 Å². The van der Waals surface area contributed by atoms with E-state index in [0.717, 1.165) is 35.5 Å². The van der Waals surface area contributed by atoms with Crippen LogP contribution in [0.2, 0.25) is 0 Å². The number of carbonyl (C=O) groups excluding carboxylic acids is 1. The van der Waals surface area contributed by atoms with E-state index in [1.165, 1.54) is 7.11 Å². The molecule has 0 radical (unpaired) electrons. The van der Waals surface area contributed by atoms with Crippen LogP contribution in [0.1, 0.15) is 0 Å². The quantitative estimate of drug-likeness (QED) is 0.599. The van der Waals surface area contributed by atoms with Crippen LogP contribution in [0.5, 0.6) is 11.5 Å². The Morgan fingerprint density at radius 2 is 1.90 bits per heavy atom. The maximum atomic E-state index is 12.5. The maximum Gasteiger partial charge on any atom is 0.344 e. The highest BCUT2D eigenvalue weighted by atomic mass is 32.2. The number of amides is 1. The van der Waals surface area contributed by atoms with E-state index in [0.29, 0.717) is 22.6 Å². The van der Waals surface area contributed by atoms with Crippen LogP contribution in [-0.2, 0) is 4.79 Å². The first-order valence-electron chi connectivity index (χ1n) is 9.35. The lowest BCUT2D eigenvalue weighted by Crippen LogP contribution is -2.40. The van der Waals surface area contributed by atoms with Crippen LogP contribution in [0.15, 0.2) is 57.7 Å². The van der Waals surface area contributed by atoms with Crippen molar-refractivity contribution in [3.8, 4) is 22.6 Å². The molecular weight excluding hydrogens is 390 g/mol. The first-order chi connectivity index (χ1) is 14.2. The fraction of sp³-hybridized carbons (Fsp3) is 0.273. The number of methoxy groups -OCH3 is 1. The Hall–Kier alpha value is -2.93. The van der Waals surface area contributed by atoms with Crippen LogP contribution >= 0.6 is 11.8 Å². The fourth-order valence-electron chi connectivity index (χ4n) is 3.26. The number of nitrogens with zero attached hydrogens (tertiary/aromatic N) is 1. The normalized spacial score (nSPS) is 14.0. The van der Waals surface area contributed by atoms with Gasteiger partial charge in [0, 0.05) is 30.0 Å². The first-order valence-corrected chi connectivity index (χ1v) is 10.5. The molecule has 3 aromatic rings. The average molecular weight is 411 g/mol. The number of para-hydroxylation sites is 1. The second-order valence-corrected chi connectivity index (χ2v) is 7.86. The molecule has 1 aliphatic heterocycles. The molecule has 0 bridgehead atoms. The van der Waals surface area contributed by atoms with Crippen molar-refractivity contribution in [3.05, 3.63) is 59.0 Å². The van der Waals surface area contributed by atoms with Gasteiger partial charge in [-0.15, -0.1) is 0 Å². The summed E-state index contributed by atoms with van der Waals surface area (Å²) in [5.41, 5.74) is 1.17. The van der Waals surface area contributed by atoms with Gasteiger partial charge in [-0.1, -0.05) is 24.3 Å². The van der Waals surface area contributed by atoms with Crippen molar-refractivity contribution in [3.63, 3.8) is 0 Å². The molecule has 0 unspecified atom stereocenters. The molecule has 0 saturated carbocycles. The summed E-state index contributed by atoms with van der Waals surface area (Å²) in [4.78, 5) is 26.5. The molecule has 1 fully saturated rings. The third-order valence-electron chi connectivity index (χ3n) is 4.84. The van der Waals surface area contributed by atoms with E-state index in [4.69, 9.17) is 13.9 Å². The zero-order valence-electron chi connectivity index (χ0n) is 16.1. The molecule has 2 aromatic carbocycles. The zero-order valence-corrected chi connectivity index (χ0v) is 16.9. The van der Waals surface area contributed by atoms with Gasteiger partial charge >= 0.3 is 5.63 Å². The lowest BCUT2D eigenvalue weighted by molar-refractivity contribution is -0.132. The van der Waals surface area contributed by atoms with Crippen molar-refractivity contribution in [2.24, 2.45) is 0 Å². The molecule has 1 aliphatic rings. The Balaban J connectivity index is 1.49. The van der Waals surface area contributed by atoms with E-state index in [-0.39, 0.29) is 12.5 Å². The number of ether oxygens (including phenoxy) is 2. The largest absolute Gasteiger partial charge is 0.493 e. The number of hydrogen-bond donors (Lipinski definition) is 0. The molecule has 2 heterocycles. The molecule has 150 valence electrons. The number of thioether (sulfide) groups is 1. The van der Waals surface area contributed by atoms with Gasteiger partial charge in [0.25, 0.3) is 5.91 Å². The maximum absolute atomic E-state index is 12.5. The summed E-state index contributed by atoms with van der Waals surface area (Å²) in [5.74, 6) is 3.05. The van der Waals surface area contributed by atoms with E-state index in [2.05, 4.69) is 0 Å². The summed E-state index contributed by atoms with van der Waals surface area (Å²) in [6.07, 6.45) is 0. The lowest BCUT2D eigenvalue weighted by atomic mass is 10.1. The summed E-state index contributed by atoms with van der Waals surface area (Å²) >= 11 is 1.86. The summed E-state index contributed by atoms with van der Waals surface area (Å²) in [7, 11) is 1.54. The highest BCUT2D eigenvalue weighted by Crippen LogP contribution is 2.28. The predicted octanol–water partition coefficient (Wildman–Crippen LogP) is 3.42. The van der Waals surface area contributed by atoms with Crippen LogP contribution in [0.4, 0.5) is 0 Å². The van der Waals surface area contributed by atoms with Gasteiger partial charge in [0.1, 0.15) is 5.75 Å². The number of benzene rings is 2. The molecule has 6 nitrogen and oxygen atoms in total. The molecule has 0 atom stereocenters. The van der Waals surface area contributed by atoms with Gasteiger partial charge in [0.05, 0.1) is 12.7 Å². The molecule has 1 aromatic heterocycles. The van der Waals surface area contributed by atoms with Gasteiger partial charge in [0.2, 0.25) is 0 Å². The zero-order chi connectivity index (χ0) is 20.2. The predicted molar refractivity (Wildman–Crippen MR) is 114 cm³/mol. The van der Waals surface area contributed by atoms with Gasteiger partial charge < -0.3 is 18.8 Å². The Morgan fingerprint density at radius 1 is 1.14 bits per heavy atom. The molecule has 7 heteroatoms. The monoisotopic (exact) mass is 411 g/mol. The minimum atomic E-state index is -0.436. The first kappa shape index (κ1) is 19.4. The van der Waals surface area contributed by atoms with Crippen LogP contribution in [0, 0.1) is 0 Å². The van der Waals surface area contributed by atoms with E-state index < -0.39 is 5.63 Å². The smallest absolute Gasteiger partial charge is 0.344 e. The molecule has 29 heavy (non-hydrogen) atoms. The number of rotatable bonds is 5. The third kappa shape index (κ3) is 4.24. The fourth-order valence-corrected chi connectivity index (χ4v) is 4.16. The summed E-state index contributed by atoms with van der Waals surface area (Å²) in [5, 5.41) is 0.782. The van der Waals surface area contributed by atoms with Crippen LogP contribution in [0.25, 0.3) is 22.1 Å². The molecule has 0 aliphatic carbocycles. The Bertz CT molecular complexity index is 1070. The topological polar surface area (TPSA) is 69.0 Å². The molecular formula is C22H21NO5S. The summed E-state index contributed by atoms with van der Waals surface area (Å²) in [6, 6.07) is 14.3. The van der Waals surface area contributed by atoms with Gasteiger partial charge in [0.15, 0.2) is 17.9 Å². The second-order valence-electron chi connectivity index (χ2n) is 6.63. The van der Waals surface area contributed by atoms with Crippen molar-refractivity contribution < 1.29 is 18.7 Å². The van der Waals surface area contributed by atoms with Crippen molar-refractivity contribution in [2.75, 3.05) is 38.3 Å². The lowest BCUT2D eigenvalue weighted by Gasteiger charge is -2.26. The van der Waals surface area contributed by atoms with E-state index >= 15 is 0 Å². The summed E-state index contributed by atoms with van der Waals surface area (Å²) < 4.78 is 16.4. The van der Waals surface area contributed by atoms with Crippen molar-refractivity contribution in [1.29, 1.82) is 0 Å². The number of hydrogen-bond acceptors (Lipinski definition) is 6. The standard InChI is InChI=1S/C22H21NO5S/c1-26-19-4-2-3-16-13-18(22(25)28-21(16)19)15-5-7-17(8-6-15)27-14-20(24)23-9-11-29-12-10-23/h2-8,13H,9-12,14H2,1H3. The summed E-state index contributed by atoms with van der Waals surface area (Å²) in [6.45, 7) is 1.56. The van der Waals surface area contributed by atoms with Crippen molar-refractivity contribution in [2.45, 2.75) is 0 Å². The Morgan fingerprint density at radius 3 is 2.62 bits per heavy atom. The number of fused-ring (bicyclic) bond motifs is 1.